The van der Waals surface area contributed by atoms with Gasteiger partial charge in [0.05, 0.1) is 6.26 Å². The molecule has 0 spiro atoms. The van der Waals surface area contributed by atoms with Gasteiger partial charge < -0.3 is 4.74 Å². The molecule has 0 aromatic rings. The van der Waals surface area contributed by atoms with Gasteiger partial charge in [-0.2, -0.15) is 0 Å². The smallest absolute Gasteiger partial charge is 0.127 e. The minimum absolute atomic E-state index is 0.950. The van der Waals surface area contributed by atoms with E-state index in [4.69, 9.17) is 4.74 Å². The highest BCUT2D eigenvalue weighted by atomic mass is 16.5. The molecule has 1 aliphatic carbocycles. The van der Waals surface area contributed by atoms with E-state index >= 15 is 0 Å². The molecule has 0 unspecified atom stereocenters. The van der Waals surface area contributed by atoms with E-state index < -0.39 is 0 Å². The average molecular weight is 150 g/mol. The molecule has 0 heterocycles. The third kappa shape index (κ3) is 1.73. The van der Waals surface area contributed by atoms with Crippen molar-refractivity contribution in [1.29, 1.82) is 0 Å². The maximum atomic E-state index is 5.25. The summed E-state index contributed by atoms with van der Waals surface area (Å²) in [5, 5.41) is 0. The van der Waals surface area contributed by atoms with Crippen molar-refractivity contribution in [2.45, 2.75) is 26.2 Å². The Morgan fingerprint density at radius 3 is 2.73 bits per heavy atom. The van der Waals surface area contributed by atoms with Gasteiger partial charge in [0.15, 0.2) is 0 Å². The van der Waals surface area contributed by atoms with E-state index in [-0.39, 0.29) is 0 Å². The lowest BCUT2D eigenvalue weighted by Crippen LogP contribution is -2.01. The molecule has 1 rings (SSSR count). The van der Waals surface area contributed by atoms with Gasteiger partial charge >= 0.3 is 0 Å². The van der Waals surface area contributed by atoms with Crippen molar-refractivity contribution >= 4 is 0 Å². The largest absolute Gasteiger partial charge is 0.465 e. The van der Waals surface area contributed by atoms with Crippen LogP contribution < -0.4 is 0 Å². The van der Waals surface area contributed by atoms with Crippen LogP contribution in [0.15, 0.2) is 36.3 Å². The molecule has 1 nitrogen and oxygen atoms in total. The van der Waals surface area contributed by atoms with Gasteiger partial charge in [-0.05, 0) is 37.3 Å². The molecule has 11 heavy (non-hydrogen) atoms. The maximum Gasteiger partial charge on any atom is 0.127 e. The number of hydrogen-bond acceptors (Lipinski definition) is 1. The van der Waals surface area contributed by atoms with Crippen molar-refractivity contribution < 1.29 is 4.74 Å². The number of hydrogen-bond donors (Lipinski definition) is 0. The normalized spacial score (nSPS) is 18.5. The van der Waals surface area contributed by atoms with Crippen LogP contribution in [0.2, 0.25) is 0 Å². The standard InChI is InChI=1S/C10H14O/c1-4-11-10-8(2)6-5-7-9(10)3/h4H,1-2,5-7H2,3H3. The van der Waals surface area contributed by atoms with Crippen LogP contribution >= 0.6 is 0 Å². The number of ether oxygens (including phenoxy) is 1. The Hall–Kier alpha value is -0.980. The first-order chi connectivity index (χ1) is 5.25. The van der Waals surface area contributed by atoms with Gasteiger partial charge in [0.1, 0.15) is 5.76 Å². The van der Waals surface area contributed by atoms with Crippen molar-refractivity contribution in [1.82, 2.24) is 0 Å². The van der Waals surface area contributed by atoms with Crippen LogP contribution in [-0.2, 0) is 4.74 Å². The lowest BCUT2D eigenvalue weighted by atomic mass is 9.95. The zero-order chi connectivity index (χ0) is 8.27. The summed E-state index contributed by atoms with van der Waals surface area (Å²) in [6, 6.07) is 0. The van der Waals surface area contributed by atoms with Gasteiger partial charge in [-0.25, -0.2) is 0 Å². The quantitative estimate of drug-likeness (QED) is 0.549. The van der Waals surface area contributed by atoms with Crippen molar-refractivity contribution in [3.05, 3.63) is 36.3 Å². The fourth-order valence-electron chi connectivity index (χ4n) is 1.36. The van der Waals surface area contributed by atoms with Crippen molar-refractivity contribution in [3.8, 4) is 0 Å². The van der Waals surface area contributed by atoms with E-state index in [1.54, 1.807) is 0 Å². The summed E-state index contributed by atoms with van der Waals surface area (Å²) in [4.78, 5) is 0. The van der Waals surface area contributed by atoms with E-state index in [2.05, 4.69) is 20.1 Å². The molecule has 60 valence electrons. The molecule has 0 saturated carbocycles. The minimum atomic E-state index is 0.950. The van der Waals surface area contributed by atoms with Crippen LogP contribution in [0.4, 0.5) is 0 Å². The van der Waals surface area contributed by atoms with Crippen molar-refractivity contribution in [2.75, 3.05) is 0 Å². The minimum Gasteiger partial charge on any atom is -0.465 e. The second kappa shape index (κ2) is 3.42. The molecule has 0 aliphatic heterocycles. The van der Waals surface area contributed by atoms with E-state index in [9.17, 15) is 0 Å². The van der Waals surface area contributed by atoms with Gasteiger partial charge in [0, 0.05) is 0 Å². The Morgan fingerprint density at radius 2 is 2.18 bits per heavy atom. The van der Waals surface area contributed by atoms with Gasteiger partial charge in [-0.1, -0.05) is 13.2 Å². The zero-order valence-electron chi connectivity index (χ0n) is 7.02. The Balaban J connectivity index is 2.81. The number of rotatable bonds is 2. The number of allylic oxidation sites excluding steroid dienone is 2. The topological polar surface area (TPSA) is 9.23 Å². The van der Waals surface area contributed by atoms with E-state index in [1.807, 2.05) is 0 Å². The fourth-order valence-corrected chi connectivity index (χ4v) is 1.36. The Labute approximate surface area is 68.1 Å². The van der Waals surface area contributed by atoms with Crippen LogP contribution in [0.25, 0.3) is 0 Å². The van der Waals surface area contributed by atoms with Crippen LogP contribution in [0.5, 0.6) is 0 Å². The molecule has 0 aromatic heterocycles. The van der Waals surface area contributed by atoms with Crippen LogP contribution in [0.3, 0.4) is 0 Å². The van der Waals surface area contributed by atoms with Crippen molar-refractivity contribution in [2.24, 2.45) is 0 Å². The van der Waals surface area contributed by atoms with Gasteiger partial charge in [0.2, 0.25) is 0 Å². The lowest BCUT2D eigenvalue weighted by Gasteiger charge is -2.18. The highest BCUT2D eigenvalue weighted by molar-refractivity contribution is 5.30. The summed E-state index contributed by atoms with van der Waals surface area (Å²) in [6.45, 7) is 9.55. The molecular weight excluding hydrogens is 136 g/mol. The summed E-state index contributed by atoms with van der Waals surface area (Å²) in [6.07, 6.45) is 4.85. The fraction of sp³-hybridized carbons (Fsp3) is 0.400. The SMILES string of the molecule is C=COC1=C(C)CCCC1=C. The van der Waals surface area contributed by atoms with Crippen LogP contribution in [0.1, 0.15) is 26.2 Å². The molecule has 1 aliphatic rings. The van der Waals surface area contributed by atoms with E-state index in [0.717, 1.165) is 24.2 Å². The molecule has 0 saturated heterocycles. The first-order valence-electron chi connectivity index (χ1n) is 3.91. The molecule has 1 heteroatoms. The van der Waals surface area contributed by atoms with E-state index in [1.165, 1.54) is 18.3 Å². The molecule has 0 atom stereocenters. The van der Waals surface area contributed by atoms with Crippen LogP contribution in [0, 0.1) is 0 Å². The molecule has 0 amide bonds. The van der Waals surface area contributed by atoms with Crippen molar-refractivity contribution in [3.63, 3.8) is 0 Å². The third-order valence-corrected chi connectivity index (χ3v) is 1.94. The zero-order valence-corrected chi connectivity index (χ0v) is 7.02. The van der Waals surface area contributed by atoms with Gasteiger partial charge in [-0.3, -0.25) is 0 Å². The average Bonchev–Trinajstić information content (AvgIpc) is 1.97. The summed E-state index contributed by atoms with van der Waals surface area (Å²) in [7, 11) is 0. The molecule has 0 bridgehead atoms. The van der Waals surface area contributed by atoms with Gasteiger partial charge in [0.25, 0.3) is 0 Å². The van der Waals surface area contributed by atoms with E-state index in [0.29, 0.717) is 0 Å². The molecule has 0 aromatic carbocycles. The summed E-state index contributed by atoms with van der Waals surface area (Å²) < 4.78 is 5.25. The first kappa shape index (κ1) is 8.12. The predicted octanol–water partition coefficient (Wildman–Crippen LogP) is 3.16. The third-order valence-electron chi connectivity index (χ3n) is 1.94. The summed E-state index contributed by atoms with van der Waals surface area (Å²) >= 11 is 0. The Bertz CT molecular complexity index is 211. The predicted molar refractivity (Wildman–Crippen MR) is 47.0 cm³/mol. The summed E-state index contributed by atoms with van der Waals surface area (Å²) in [5.41, 5.74) is 2.40. The highest BCUT2D eigenvalue weighted by Gasteiger charge is 2.12. The molecule has 0 fully saturated rings. The second-order valence-electron chi connectivity index (χ2n) is 2.85. The maximum absolute atomic E-state index is 5.25. The monoisotopic (exact) mass is 150 g/mol. The highest BCUT2D eigenvalue weighted by Crippen LogP contribution is 2.28. The van der Waals surface area contributed by atoms with Gasteiger partial charge in [-0.15, -0.1) is 0 Å². The van der Waals surface area contributed by atoms with Crippen LogP contribution in [-0.4, -0.2) is 0 Å². The first-order valence-corrected chi connectivity index (χ1v) is 3.91. The summed E-state index contributed by atoms with van der Waals surface area (Å²) in [5.74, 6) is 0.950. The Kier molecular flexibility index (Phi) is 2.53. The lowest BCUT2D eigenvalue weighted by molar-refractivity contribution is 0.345. The molecule has 0 N–H and O–H groups in total. The second-order valence-corrected chi connectivity index (χ2v) is 2.85. The molecule has 0 radical (unpaired) electrons. The molecular formula is C10H14O. The Morgan fingerprint density at radius 1 is 1.45 bits per heavy atom.